The van der Waals surface area contributed by atoms with Gasteiger partial charge in [-0.25, -0.2) is 5.01 Å². The molecule has 0 aliphatic carbocycles. The van der Waals surface area contributed by atoms with Crippen LogP contribution in [0.15, 0.2) is 5.10 Å². The van der Waals surface area contributed by atoms with E-state index in [4.69, 9.17) is 0 Å². The van der Waals surface area contributed by atoms with Gasteiger partial charge in [-0.1, -0.05) is 22.6 Å². The number of rotatable bonds is 1. The van der Waals surface area contributed by atoms with E-state index in [1.807, 2.05) is 20.1 Å². The van der Waals surface area contributed by atoms with Crippen LogP contribution in [-0.2, 0) is 4.79 Å². The van der Waals surface area contributed by atoms with Crippen molar-refractivity contribution >= 4 is 34.7 Å². The van der Waals surface area contributed by atoms with Crippen LogP contribution in [0.2, 0.25) is 0 Å². The van der Waals surface area contributed by atoms with Gasteiger partial charge in [0, 0.05) is 18.7 Å². The summed E-state index contributed by atoms with van der Waals surface area (Å²) in [5.74, 6) is 0.127. The van der Waals surface area contributed by atoms with Gasteiger partial charge in [-0.2, -0.15) is 5.10 Å². The highest BCUT2D eigenvalue weighted by molar-refractivity contribution is 14.1. The minimum absolute atomic E-state index is 0.127. The van der Waals surface area contributed by atoms with Gasteiger partial charge in [0.2, 0.25) is 5.91 Å². The summed E-state index contributed by atoms with van der Waals surface area (Å²) in [5, 5.41) is 5.58. The number of hydrogen-bond donors (Lipinski definition) is 0. The van der Waals surface area contributed by atoms with Crippen LogP contribution >= 0.6 is 22.6 Å². The number of amides is 1. The van der Waals surface area contributed by atoms with Crippen molar-refractivity contribution < 1.29 is 4.79 Å². The van der Waals surface area contributed by atoms with Crippen LogP contribution < -0.4 is 0 Å². The van der Waals surface area contributed by atoms with Crippen molar-refractivity contribution in [1.82, 2.24) is 5.01 Å². The SMILES string of the molecule is CC(C)N1N=C[C@H](I)CC1=O. The quantitative estimate of drug-likeness (QED) is 0.522. The van der Waals surface area contributed by atoms with Gasteiger partial charge in [-0.3, -0.25) is 4.79 Å². The Kier molecular flexibility index (Phi) is 2.86. The zero-order valence-electron chi connectivity index (χ0n) is 6.62. The third-order valence-electron chi connectivity index (χ3n) is 1.47. The van der Waals surface area contributed by atoms with Gasteiger partial charge in [0.15, 0.2) is 0 Å². The standard InChI is InChI=1S/C7H11IN2O/c1-5(2)10-7(11)3-6(8)4-9-10/h4-6H,3H2,1-2H3/t6-/m1/s1. The summed E-state index contributed by atoms with van der Waals surface area (Å²) in [4.78, 5) is 11.3. The van der Waals surface area contributed by atoms with Crippen molar-refractivity contribution in [3.8, 4) is 0 Å². The van der Waals surface area contributed by atoms with Crippen LogP contribution in [0.4, 0.5) is 0 Å². The van der Waals surface area contributed by atoms with Gasteiger partial charge in [-0.15, -0.1) is 0 Å². The van der Waals surface area contributed by atoms with Crippen molar-refractivity contribution in [2.75, 3.05) is 0 Å². The van der Waals surface area contributed by atoms with Crippen molar-refractivity contribution in [3.63, 3.8) is 0 Å². The van der Waals surface area contributed by atoms with Crippen LogP contribution in [0.1, 0.15) is 20.3 Å². The van der Waals surface area contributed by atoms with Crippen molar-refractivity contribution in [3.05, 3.63) is 0 Å². The van der Waals surface area contributed by atoms with Crippen LogP contribution in [0.3, 0.4) is 0 Å². The van der Waals surface area contributed by atoms with Gasteiger partial charge in [0.05, 0.1) is 3.92 Å². The van der Waals surface area contributed by atoms with Gasteiger partial charge < -0.3 is 0 Å². The van der Waals surface area contributed by atoms with E-state index in [0.29, 0.717) is 6.42 Å². The van der Waals surface area contributed by atoms with E-state index in [-0.39, 0.29) is 15.9 Å². The molecule has 3 nitrogen and oxygen atoms in total. The molecule has 1 aliphatic heterocycles. The Morgan fingerprint density at radius 3 is 2.91 bits per heavy atom. The fraction of sp³-hybridized carbons (Fsp3) is 0.714. The maximum absolute atomic E-state index is 11.3. The normalized spacial score (nSPS) is 24.9. The fourth-order valence-corrected chi connectivity index (χ4v) is 1.46. The second-order valence-electron chi connectivity index (χ2n) is 2.82. The third kappa shape index (κ3) is 2.15. The van der Waals surface area contributed by atoms with E-state index in [0.717, 1.165) is 0 Å². The molecule has 1 atom stereocenters. The molecule has 11 heavy (non-hydrogen) atoms. The average Bonchev–Trinajstić information content (AvgIpc) is 1.85. The summed E-state index contributed by atoms with van der Waals surface area (Å²) >= 11 is 2.21. The Bertz CT molecular complexity index is 191. The predicted octanol–water partition coefficient (Wildman–Crippen LogP) is 1.42. The van der Waals surface area contributed by atoms with Crippen molar-refractivity contribution in [2.24, 2.45) is 5.10 Å². The van der Waals surface area contributed by atoms with Gasteiger partial charge >= 0.3 is 0 Å². The van der Waals surface area contributed by atoms with Crippen LogP contribution in [0, 0.1) is 0 Å². The maximum Gasteiger partial charge on any atom is 0.244 e. The van der Waals surface area contributed by atoms with Crippen LogP contribution in [0.25, 0.3) is 0 Å². The second-order valence-corrected chi connectivity index (χ2v) is 4.42. The lowest BCUT2D eigenvalue weighted by Gasteiger charge is -2.25. The molecule has 0 bridgehead atoms. The van der Waals surface area contributed by atoms with Gasteiger partial charge in [0.25, 0.3) is 0 Å². The molecule has 0 unspecified atom stereocenters. The number of hydrazone groups is 1. The van der Waals surface area contributed by atoms with E-state index >= 15 is 0 Å². The molecule has 0 saturated carbocycles. The minimum atomic E-state index is 0.127. The molecule has 62 valence electrons. The Balaban J connectivity index is 2.68. The first-order valence-electron chi connectivity index (χ1n) is 3.61. The molecule has 4 heteroatoms. The molecule has 1 amide bonds. The first-order valence-corrected chi connectivity index (χ1v) is 4.86. The number of hydrogen-bond acceptors (Lipinski definition) is 2. The van der Waals surface area contributed by atoms with Gasteiger partial charge in [0.1, 0.15) is 0 Å². The summed E-state index contributed by atoms with van der Waals surface area (Å²) in [5.41, 5.74) is 0. The molecular weight excluding hydrogens is 255 g/mol. The van der Waals surface area contributed by atoms with E-state index < -0.39 is 0 Å². The molecule has 0 aromatic heterocycles. The first kappa shape index (κ1) is 8.96. The highest BCUT2D eigenvalue weighted by atomic mass is 127. The summed E-state index contributed by atoms with van der Waals surface area (Å²) in [7, 11) is 0. The number of carbonyl (C=O) groups excluding carboxylic acids is 1. The number of nitrogens with zero attached hydrogens (tertiary/aromatic N) is 2. The molecule has 0 radical (unpaired) electrons. The molecule has 1 heterocycles. The summed E-state index contributed by atoms with van der Waals surface area (Å²) in [6, 6.07) is 0.183. The summed E-state index contributed by atoms with van der Waals surface area (Å²) in [6.07, 6.45) is 2.41. The molecule has 0 aromatic carbocycles. The fourth-order valence-electron chi connectivity index (χ4n) is 0.943. The Morgan fingerprint density at radius 1 is 1.82 bits per heavy atom. The molecule has 0 aromatic rings. The molecule has 0 fully saturated rings. The molecule has 1 rings (SSSR count). The molecular formula is C7H11IN2O. The lowest BCUT2D eigenvalue weighted by molar-refractivity contribution is -0.133. The summed E-state index contributed by atoms with van der Waals surface area (Å²) < 4.78 is 0.273. The van der Waals surface area contributed by atoms with Crippen molar-refractivity contribution in [2.45, 2.75) is 30.2 Å². The highest BCUT2D eigenvalue weighted by Gasteiger charge is 2.22. The lowest BCUT2D eigenvalue weighted by Crippen LogP contribution is -2.37. The van der Waals surface area contributed by atoms with E-state index in [1.165, 1.54) is 5.01 Å². The summed E-state index contributed by atoms with van der Waals surface area (Å²) in [6.45, 7) is 3.92. The van der Waals surface area contributed by atoms with Crippen LogP contribution in [0.5, 0.6) is 0 Å². The Morgan fingerprint density at radius 2 is 2.45 bits per heavy atom. The largest absolute Gasteiger partial charge is 0.273 e. The monoisotopic (exact) mass is 266 g/mol. The van der Waals surface area contributed by atoms with E-state index in [9.17, 15) is 4.79 Å². The maximum atomic E-state index is 11.3. The average molecular weight is 266 g/mol. The number of halogens is 1. The highest BCUT2D eigenvalue weighted by Crippen LogP contribution is 2.14. The lowest BCUT2D eigenvalue weighted by atomic mass is 10.2. The second kappa shape index (κ2) is 3.51. The van der Waals surface area contributed by atoms with Gasteiger partial charge in [-0.05, 0) is 13.8 Å². The third-order valence-corrected chi connectivity index (χ3v) is 2.23. The number of alkyl halides is 1. The zero-order chi connectivity index (χ0) is 8.43. The first-order chi connectivity index (χ1) is 5.11. The van der Waals surface area contributed by atoms with Crippen molar-refractivity contribution in [1.29, 1.82) is 0 Å². The van der Waals surface area contributed by atoms with E-state index in [2.05, 4.69) is 27.7 Å². The number of carbonyl (C=O) groups is 1. The minimum Gasteiger partial charge on any atom is -0.273 e. The van der Waals surface area contributed by atoms with Crippen LogP contribution in [-0.4, -0.2) is 27.1 Å². The Labute approximate surface area is 80.0 Å². The topological polar surface area (TPSA) is 32.7 Å². The molecule has 0 N–H and O–H groups in total. The smallest absolute Gasteiger partial charge is 0.244 e. The molecule has 0 spiro atoms. The molecule has 0 saturated heterocycles. The Hall–Kier alpha value is -0.130. The molecule has 1 aliphatic rings. The van der Waals surface area contributed by atoms with E-state index in [1.54, 1.807) is 0 Å². The predicted molar refractivity (Wildman–Crippen MR) is 52.9 cm³/mol. The zero-order valence-corrected chi connectivity index (χ0v) is 8.78.